The van der Waals surface area contributed by atoms with Crippen LogP contribution in [0.3, 0.4) is 0 Å². The third-order valence-electron chi connectivity index (χ3n) is 3.98. The molecule has 1 N–H and O–H groups in total. The molecule has 1 aromatic carbocycles. The lowest BCUT2D eigenvalue weighted by atomic mass is 10.1. The zero-order chi connectivity index (χ0) is 15.7. The van der Waals surface area contributed by atoms with Crippen LogP contribution in [0.15, 0.2) is 41.5 Å². The predicted molar refractivity (Wildman–Crippen MR) is 89.1 cm³/mol. The maximum atomic E-state index is 12.0. The van der Waals surface area contributed by atoms with Crippen LogP contribution in [0.4, 0.5) is 5.69 Å². The second-order valence-corrected chi connectivity index (χ2v) is 5.28. The highest BCUT2D eigenvalue weighted by Crippen LogP contribution is 2.22. The summed E-state index contributed by atoms with van der Waals surface area (Å²) in [5, 5.41) is 0. The van der Waals surface area contributed by atoms with Gasteiger partial charge in [0.15, 0.2) is 5.82 Å². The summed E-state index contributed by atoms with van der Waals surface area (Å²) in [6.07, 6.45) is 3.58. The fourth-order valence-electron chi connectivity index (χ4n) is 2.69. The molecule has 0 saturated carbocycles. The Morgan fingerprint density at radius 2 is 1.86 bits per heavy atom. The van der Waals surface area contributed by atoms with Gasteiger partial charge in [0.05, 0.1) is 5.69 Å². The molecule has 2 aliphatic rings. The highest BCUT2D eigenvalue weighted by atomic mass is 16.1. The van der Waals surface area contributed by atoms with Crippen LogP contribution in [0, 0.1) is 6.92 Å². The second kappa shape index (κ2) is 5.67. The minimum atomic E-state index is -0.0648. The van der Waals surface area contributed by atoms with Gasteiger partial charge in [-0.25, -0.2) is 4.98 Å². The second-order valence-electron chi connectivity index (χ2n) is 5.28. The van der Waals surface area contributed by atoms with E-state index < -0.39 is 0 Å². The number of hydrogen-bond donors (Lipinski definition) is 1. The van der Waals surface area contributed by atoms with Crippen molar-refractivity contribution in [1.82, 2.24) is 14.5 Å². The van der Waals surface area contributed by atoms with Crippen molar-refractivity contribution in [2.24, 2.45) is 0 Å². The topological polar surface area (TPSA) is 53.9 Å². The average molecular weight is 296 g/mol. The molecule has 5 heteroatoms. The van der Waals surface area contributed by atoms with Crippen LogP contribution in [0.2, 0.25) is 0 Å². The highest BCUT2D eigenvalue weighted by molar-refractivity contribution is 5.63. The van der Waals surface area contributed by atoms with Crippen molar-refractivity contribution in [1.29, 1.82) is 0 Å². The quantitative estimate of drug-likeness (QED) is 0.805. The lowest BCUT2D eigenvalue weighted by molar-refractivity contribution is 0.866. The summed E-state index contributed by atoms with van der Waals surface area (Å²) >= 11 is 0. The minimum Gasteiger partial charge on any atom is -0.372 e. The van der Waals surface area contributed by atoms with Gasteiger partial charge in [-0.15, -0.1) is 0 Å². The number of H-pyrrole nitrogens is 1. The van der Waals surface area contributed by atoms with E-state index in [-0.39, 0.29) is 5.56 Å². The number of rotatable bonds is 4. The SMILES string of the molecule is CCN(CC)c1ccc(-c2cn3c(=O)c(C)nc-3c[nH]2)cc1. The predicted octanol–water partition coefficient (Wildman–Crippen LogP) is 2.82. The largest absolute Gasteiger partial charge is 0.372 e. The molecule has 3 rings (SSSR count). The van der Waals surface area contributed by atoms with E-state index in [1.807, 2.05) is 6.20 Å². The van der Waals surface area contributed by atoms with Crippen LogP contribution in [-0.4, -0.2) is 27.6 Å². The van der Waals surface area contributed by atoms with Gasteiger partial charge in [0.2, 0.25) is 0 Å². The number of hydrogen-bond acceptors (Lipinski definition) is 3. The Bertz CT molecular complexity index is 796. The molecule has 0 bridgehead atoms. The number of imidazole rings is 1. The molecule has 0 amide bonds. The van der Waals surface area contributed by atoms with E-state index in [2.05, 4.69) is 53.0 Å². The number of nitrogens with one attached hydrogen (secondary N) is 1. The van der Waals surface area contributed by atoms with Crippen LogP contribution in [0.5, 0.6) is 0 Å². The number of aromatic nitrogens is 3. The average Bonchev–Trinajstić information content (AvgIpc) is 2.84. The summed E-state index contributed by atoms with van der Waals surface area (Å²) in [5.41, 5.74) is 3.60. The molecule has 0 fully saturated rings. The van der Waals surface area contributed by atoms with Gasteiger partial charge in [-0.1, -0.05) is 12.1 Å². The minimum absolute atomic E-state index is 0.0648. The van der Waals surface area contributed by atoms with Crippen molar-refractivity contribution in [2.45, 2.75) is 20.8 Å². The van der Waals surface area contributed by atoms with Gasteiger partial charge >= 0.3 is 0 Å². The maximum Gasteiger partial charge on any atom is 0.277 e. The van der Waals surface area contributed by atoms with Crippen molar-refractivity contribution >= 4 is 5.69 Å². The third-order valence-corrected chi connectivity index (χ3v) is 3.98. The number of anilines is 1. The lowest BCUT2D eigenvalue weighted by Gasteiger charge is -2.21. The monoisotopic (exact) mass is 296 g/mol. The first kappa shape index (κ1) is 14.4. The Hall–Kier alpha value is -2.56. The summed E-state index contributed by atoms with van der Waals surface area (Å²) in [5.74, 6) is 0.644. The van der Waals surface area contributed by atoms with Gasteiger partial charge in [0.1, 0.15) is 5.69 Å². The Morgan fingerprint density at radius 1 is 1.18 bits per heavy atom. The van der Waals surface area contributed by atoms with Crippen molar-refractivity contribution in [3.63, 3.8) is 0 Å². The van der Waals surface area contributed by atoms with E-state index in [1.165, 1.54) is 5.69 Å². The first-order valence-corrected chi connectivity index (χ1v) is 7.56. The van der Waals surface area contributed by atoms with Crippen molar-refractivity contribution < 1.29 is 0 Å². The summed E-state index contributed by atoms with van der Waals surface area (Å²) in [6.45, 7) is 8.00. The van der Waals surface area contributed by atoms with Gasteiger partial charge in [0.25, 0.3) is 5.56 Å². The van der Waals surface area contributed by atoms with Gasteiger partial charge in [-0.2, -0.15) is 0 Å². The van der Waals surface area contributed by atoms with Crippen LogP contribution >= 0.6 is 0 Å². The molecular formula is C17H20N4O. The first-order chi connectivity index (χ1) is 10.6. The zero-order valence-electron chi connectivity index (χ0n) is 13.1. The molecule has 0 aromatic heterocycles. The Morgan fingerprint density at radius 3 is 2.50 bits per heavy atom. The van der Waals surface area contributed by atoms with Crippen LogP contribution in [0.1, 0.15) is 19.5 Å². The number of aryl methyl sites for hydroxylation is 1. The molecule has 0 unspecified atom stereocenters. The van der Waals surface area contributed by atoms with E-state index in [0.29, 0.717) is 11.5 Å². The van der Waals surface area contributed by atoms with Gasteiger partial charge in [-0.3, -0.25) is 9.36 Å². The number of aromatic amines is 1. The highest BCUT2D eigenvalue weighted by Gasteiger charge is 2.12. The summed E-state index contributed by atoms with van der Waals surface area (Å²) in [6, 6.07) is 8.36. The van der Waals surface area contributed by atoms with E-state index in [4.69, 9.17) is 0 Å². The van der Waals surface area contributed by atoms with Gasteiger partial charge in [0, 0.05) is 31.2 Å². The molecule has 114 valence electrons. The van der Waals surface area contributed by atoms with E-state index in [9.17, 15) is 4.79 Å². The molecule has 5 nitrogen and oxygen atoms in total. The standard InChI is InChI=1S/C17H20N4O/c1-4-20(5-2)14-8-6-13(7-9-14)15-11-21-16(10-18-15)19-12(3)17(21)22/h6-11,18H,4-5H2,1-3H3. The van der Waals surface area contributed by atoms with Crippen LogP contribution < -0.4 is 10.5 Å². The fourth-order valence-corrected chi connectivity index (χ4v) is 2.69. The molecule has 0 spiro atoms. The summed E-state index contributed by atoms with van der Waals surface area (Å²) < 4.78 is 1.58. The Labute approximate surface area is 129 Å². The molecule has 1 aromatic rings. The summed E-state index contributed by atoms with van der Waals surface area (Å²) in [4.78, 5) is 21.7. The Balaban J connectivity index is 1.99. The number of fused-ring (bicyclic) bond motifs is 1. The maximum absolute atomic E-state index is 12.0. The lowest BCUT2D eigenvalue weighted by Crippen LogP contribution is -2.21. The van der Waals surface area contributed by atoms with Crippen molar-refractivity contribution in [3.05, 3.63) is 52.7 Å². The van der Waals surface area contributed by atoms with Crippen LogP contribution in [0.25, 0.3) is 17.1 Å². The van der Waals surface area contributed by atoms with Gasteiger partial charge in [-0.05, 0) is 38.5 Å². The first-order valence-electron chi connectivity index (χ1n) is 7.56. The molecule has 2 aliphatic heterocycles. The third kappa shape index (κ3) is 2.39. The smallest absolute Gasteiger partial charge is 0.277 e. The summed E-state index contributed by atoms with van der Waals surface area (Å²) in [7, 11) is 0. The fraction of sp³-hybridized carbons (Fsp3) is 0.294. The van der Waals surface area contributed by atoms with Gasteiger partial charge < -0.3 is 9.88 Å². The van der Waals surface area contributed by atoms with E-state index >= 15 is 0 Å². The van der Waals surface area contributed by atoms with Crippen molar-refractivity contribution in [3.8, 4) is 17.1 Å². The molecule has 22 heavy (non-hydrogen) atoms. The Kier molecular flexibility index (Phi) is 3.71. The molecule has 0 saturated heterocycles. The number of benzene rings is 1. The van der Waals surface area contributed by atoms with Crippen molar-refractivity contribution in [2.75, 3.05) is 18.0 Å². The normalized spacial score (nSPS) is 11.0. The molecular weight excluding hydrogens is 276 g/mol. The molecule has 0 atom stereocenters. The van der Waals surface area contributed by atoms with E-state index in [1.54, 1.807) is 17.7 Å². The van der Waals surface area contributed by atoms with Crippen LogP contribution in [-0.2, 0) is 0 Å². The zero-order valence-corrected chi connectivity index (χ0v) is 13.1. The van der Waals surface area contributed by atoms with E-state index in [0.717, 1.165) is 24.3 Å². The molecule has 2 heterocycles. The molecule has 0 aliphatic carbocycles. The number of nitrogens with zero attached hydrogens (tertiary/aromatic N) is 3. The molecule has 0 radical (unpaired) electrons.